The van der Waals surface area contributed by atoms with E-state index in [-0.39, 0.29) is 18.2 Å². The average Bonchev–Trinajstić information content (AvgIpc) is 2.17. The molecule has 1 atom stereocenters. The fourth-order valence-electron chi connectivity index (χ4n) is 0.804. The van der Waals surface area contributed by atoms with Crippen molar-refractivity contribution in [3.05, 3.63) is 0 Å². The Bertz CT molecular complexity index is 182. The Kier molecular flexibility index (Phi) is 1.96. The van der Waals surface area contributed by atoms with E-state index in [9.17, 15) is 9.59 Å². The fourth-order valence-corrected chi connectivity index (χ4v) is 1.27. The standard InChI is InChI=1S/C5H7NO3S/c1-6-4(7)2-3(10-9)5(6)8/h3,9H,2H2,1H3. The van der Waals surface area contributed by atoms with Gasteiger partial charge in [0, 0.05) is 19.1 Å². The maximum absolute atomic E-state index is 10.9. The summed E-state index contributed by atoms with van der Waals surface area (Å²) in [7, 11) is 1.42. The quantitative estimate of drug-likeness (QED) is 0.432. The van der Waals surface area contributed by atoms with Crippen LogP contribution in [-0.4, -0.2) is 33.6 Å². The number of rotatable bonds is 1. The van der Waals surface area contributed by atoms with Gasteiger partial charge in [-0.05, 0) is 0 Å². The minimum absolute atomic E-state index is 0.122. The van der Waals surface area contributed by atoms with Crippen molar-refractivity contribution in [3.63, 3.8) is 0 Å². The number of amides is 2. The van der Waals surface area contributed by atoms with Gasteiger partial charge in [-0.2, -0.15) is 0 Å². The van der Waals surface area contributed by atoms with Crippen molar-refractivity contribution in [1.82, 2.24) is 4.90 Å². The summed E-state index contributed by atoms with van der Waals surface area (Å²) in [4.78, 5) is 22.6. The van der Waals surface area contributed by atoms with Crippen LogP contribution in [0.1, 0.15) is 6.42 Å². The van der Waals surface area contributed by atoms with Crippen LogP contribution in [-0.2, 0) is 9.59 Å². The Morgan fingerprint density at radius 2 is 2.30 bits per heavy atom. The summed E-state index contributed by atoms with van der Waals surface area (Å²) in [6.45, 7) is 0. The van der Waals surface area contributed by atoms with E-state index >= 15 is 0 Å². The molecule has 0 radical (unpaired) electrons. The van der Waals surface area contributed by atoms with Crippen molar-refractivity contribution in [2.75, 3.05) is 7.05 Å². The first-order chi connectivity index (χ1) is 4.66. The molecular weight excluding hydrogens is 154 g/mol. The van der Waals surface area contributed by atoms with Gasteiger partial charge in [0.25, 0.3) is 0 Å². The monoisotopic (exact) mass is 161 g/mol. The van der Waals surface area contributed by atoms with Crippen LogP contribution in [0.25, 0.3) is 0 Å². The third kappa shape index (κ3) is 1.02. The van der Waals surface area contributed by atoms with Crippen LogP contribution in [0.5, 0.6) is 0 Å². The van der Waals surface area contributed by atoms with Crippen LogP contribution in [0, 0.1) is 0 Å². The normalized spacial score (nSPS) is 26.2. The lowest BCUT2D eigenvalue weighted by atomic mass is 10.4. The Morgan fingerprint density at radius 1 is 1.70 bits per heavy atom. The lowest BCUT2D eigenvalue weighted by Gasteiger charge is -2.04. The number of likely N-dealkylation sites (tertiary alicyclic amines) is 1. The van der Waals surface area contributed by atoms with Crippen molar-refractivity contribution in [2.24, 2.45) is 0 Å². The number of carbonyl (C=O) groups excluding carboxylic acids is 2. The van der Waals surface area contributed by atoms with Crippen LogP contribution in [0.4, 0.5) is 0 Å². The van der Waals surface area contributed by atoms with E-state index in [1.165, 1.54) is 7.05 Å². The molecule has 10 heavy (non-hydrogen) atoms. The highest BCUT2D eigenvalue weighted by Gasteiger charge is 2.36. The summed E-state index contributed by atoms with van der Waals surface area (Å²) >= 11 is 0.436. The minimum atomic E-state index is -0.572. The smallest absolute Gasteiger partial charge is 0.244 e. The molecule has 0 aliphatic carbocycles. The Hall–Kier alpha value is -0.550. The number of hydrogen-bond acceptors (Lipinski definition) is 4. The summed E-state index contributed by atoms with van der Waals surface area (Å²) in [5.74, 6) is -0.533. The Labute approximate surface area is 62.4 Å². The fraction of sp³-hybridized carbons (Fsp3) is 0.600. The second kappa shape index (κ2) is 2.59. The largest absolute Gasteiger partial charge is 0.329 e. The number of hydrogen-bond donors (Lipinski definition) is 1. The zero-order valence-electron chi connectivity index (χ0n) is 5.40. The topological polar surface area (TPSA) is 57.6 Å². The van der Waals surface area contributed by atoms with E-state index in [1.54, 1.807) is 0 Å². The predicted octanol–water partition coefficient (Wildman–Crippen LogP) is -0.0501. The SMILES string of the molecule is CN1C(=O)CC(SO)C1=O. The van der Waals surface area contributed by atoms with Gasteiger partial charge in [-0.15, -0.1) is 0 Å². The molecule has 1 N–H and O–H groups in total. The molecule has 1 saturated heterocycles. The average molecular weight is 161 g/mol. The molecule has 5 heteroatoms. The maximum Gasteiger partial charge on any atom is 0.244 e. The highest BCUT2D eigenvalue weighted by atomic mass is 32.2. The molecule has 0 spiro atoms. The van der Waals surface area contributed by atoms with Crippen LogP contribution >= 0.6 is 12.0 Å². The number of imide groups is 1. The van der Waals surface area contributed by atoms with E-state index in [0.29, 0.717) is 12.0 Å². The molecule has 1 unspecified atom stereocenters. The molecule has 1 aliphatic heterocycles. The molecule has 1 heterocycles. The molecule has 56 valence electrons. The lowest BCUT2D eigenvalue weighted by molar-refractivity contribution is -0.136. The van der Waals surface area contributed by atoms with Gasteiger partial charge in [-0.1, -0.05) is 0 Å². The first kappa shape index (κ1) is 7.56. The molecule has 0 saturated carbocycles. The summed E-state index contributed by atoms with van der Waals surface area (Å²) in [5, 5.41) is -0.572. The van der Waals surface area contributed by atoms with E-state index in [4.69, 9.17) is 4.55 Å². The van der Waals surface area contributed by atoms with Crippen LogP contribution in [0.2, 0.25) is 0 Å². The lowest BCUT2D eigenvalue weighted by Crippen LogP contribution is -2.26. The predicted molar refractivity (Wildman–Crippen MR) is 36.4 cm³/mol. The molecular formula is C5H7NO3S. The highest BCUT2D eigenvalue weighted by molar-refractivity contribution is 7.95. The van der Waals surface area contributed by atoms with Crippen molar-refractivity contribution >= 4 is 23.9 Å². The molecule has 1 rings (SSSR count). The van der Waals surface area contributed by atoms with Gasteiger partial charge in [-0.25, -0.2) is 0 Å². The first-order valence-electron chi connectivity index (χ1n) is 2.77. The van der Waals surface area contributed by atoms with E-state index in [2.05, 4.69) is 0 Å². The summed E-state index contributed by atoms with van der Waals surface area (Å²) in [5.41, 5.74) is 0. The minimum Gasteiger partial charge on any atom is -0.329 e. The zero-order valence-corrected chi connectivity index (χ0v) is 6.22. The van der Waals surface area contributed by atoms with Gasteiger partial charge in [0.2, 0.25) is 11.8 Å². The molecule has 0 aromatic carbocycles. The van der Waals surface area contributed by atoms with Gasteiger partial charge in [-0.3, -0.25) is 14.5 Å². The maximum atomic E-state index is 10.9. The number of nitrogens with zero attached hydrogens (tertiary/aromatic N) is 1. The van der Waals surface area contributed by atoms with Crippen molar-refractivity contribution in [2.45, 2.75) is 11.7 Å². The zero-order chi connectivity index (χ0) is 7.72. The van der Waals surface area contributed by atoms with Gasteiger partial charge in [0.15, 0.2) is 0 Å². The summed E-state index contributed by atoms with van der Waals surface area (Å²) < 4.78 is 8.49. The third-order valence-electron chi connectivity index (χ3n) is 1.47. The molecule has 1 aliphatic rings. The molecule has 4 nitrogen and oxygen atoms in total. The van der Waals surface area contributed by atoms with Crippen molar-refractivity contribution in [3.8, 4) is 0 Å². The van der Waals surface area contributed by atoms with Crippen LogP contribution in [0.15, 0.2) is 0 Å². The molecule has 0 aromatic heterocycles. The summed E-state index contributed by atoms with van der Waals surface area (Å²) in [6, 6.07) is 0. The van der Waals surface area contributed by atoms with Crippen LogP contribution in [0.3, 0.4) is 0 Å². The molecule has 0 aromatic rings. The van der Waals surface area contributed by atoms with E-state index < -0.39 is 5.25 Å². The van der Waals surface area contributed by atoms with Gasteiger partial charge in [0.1, 0.15) is 5.25 Å². The van der Waals surface area contributed by atoms with Gasteiger partial charge < -0.3 is 4.55 Å². The number of carbonyl (C=O) groups is 2. The Morgan fingerprint density at radius 3 is 2.50 bits per heavy atom. The Balaban J connectivity index is 2.71. The van der Waals surface area contributed by atoms with E-state index in [0.717, 1.165) is 4.90 Å². The molecule has 2 amide bonds. The third-order valence-corrected chi connectivity index (χ3v) is 2.09. The molecule has 0 bridgehead atoms. The second-order valence-corrected chi connectivity index (χ2v) is 2.87. The van der Waals surface area contributed by atoms with Crippen LogP contribution < -0.4 is 0 Å². The first-order valence-corrected chi connectivity index (χ1v) is 3.61. The van der Waals surface area contributed by atoms with Gasteiger partial charge in [0.05, 0.1) is 6.42 Å². The van der Waals surface area contributed by atoms with Crippen molar-refractivity contribution in [1.29, 1.82) is 0 Å². The van der Waals surface area contributed by atoms with Gasteiger partial charge >= 0.3 is 0 Å². The highest BCUT2D eigenvalue weighted by Crippen LogP contribution is 2.20. The summed E-state index contributed by atoms with van der Waals surface area (Å²) in [6.07, 6.45) is 0.122. The van der Waals surface area contributed by atoms with E-state index in [1.807, 2.05) is 0 Å². The molecule has 1 fully saturated rings. The second-order valence-electron chi connectivity index (χ2n) is 2.09. The van der Waals surface area contributed by atoms with Crippen molar-refractivity contribution < 1.29 is 14.1 Å².